The van der Waals surface area contributed by atoms with Gasteiger partial charge in [-0.2, -0.15) is 0 Å². The molecule has 0 aliphatic carbocycles. The van der Waals surface area contributed by atoms with Gasteiger partial charge < -0.3 is 9.31 Å². The minimum atomic E-state index is -0.416. The Morgan fingerprint density at radius 1 is 0.462 bits per heavy atom. The van der Waals surface area contributed by atoms with Crippen molar-refractivity contribution in [1.82, 2.24) is 15.0 Å². The van der Waals surface area contributed by atoms with Gasteiger partial charge in [-0.3, -0.25) is 0 Å². The third-order valence-electron chi connectivity index (χ3n) is 9.72. The van der Waals surface area contributed by atoms with Crippen molar-refractivity contribution in [3.05, 3.63) is 158 Å². The molecule has 1 fully saturated rings. The van der Waals surface area contributed by atoms with Crippen molar-refractivity contribution in [3.8, 4) is 67.5 Å². The molecule has 0 amide bonds. The number of aromatic nitrogens is 3. The van der Waals surface area contributed by atoms with Crippen LogP contribution in [0.4, 0.5) is 0 Å². The highest BCUT2D eigenvalue weighted by Crippen LogP contribution is 2.34. The van der Waals surface area contributed by atoms with Crippen molar-refractivity contribution in [2.24, 2.45) is 5.92 Å². The minimum Gasteiger partial charge on any atom is -0.401 e. The van der Waals surface area contributed by atoms with Gasteiger partial charge in [-0.25, -0.2) is 15.0 Å². The van der Waals surface area contributed by atoms with Crippen LogP contribution in [0.15, 0.2) is 158 Å². The van der Waals surface area contributed by atoms with E-state index in [1.165, 1.54) is 11.1 Å². The van der Waals surface area contributed by atoms with Crippen LogP contribution >= 0.6 is 0 Å². The summed E-state index contributed by atoms with van der Waals surface area (Å²) in [6, 6.07) is 54.4. The van der Waals surface area contributed by atoms with Crippen molar-refractivity contribution in [2.45, 2.75) is 39.4 Å². The first-order valence-corrected chi connectivity index (χ1v) is 17.9. The Morgan fingerprint density at radius 3 is 1.37 bits per heavy atom. The Labute approximate surface area is 306 Å². The molecule has 1 aliphatic rings. The first-order chi connectivity index (χ1) is 25.3. The normalized spacial score (nSPS) is 15.2. The van der Waals surface area contributed by atoms with E-state index in [2.05, 4.69) is 173 Å². The predicted octanol–water partition coefficient (Wildman–Crippen LogP) is 10.4. The number of benzene rings is 6. The fourth-order valence-corrected chi connectivity index (χ4v) is 7.12. The monoisotopic (exact) mass is 677 g/mol. The summed E-state index contributed by atoms with van der Waals surface area (Å²) in [5.41, 5.74) is 10.1. The molecule has 1 unspecified atom stereocenters. The predicted molar refractivity (Wildman–Crippen MR) is 213 cm³/mol. The van der Waals surface area contributed by atoms with E-state index in [9.17, 15) is 0 Å². The molecule has 2 heterocycles. The second-order valence-corrected chi connectivity index (χ2v) is 14.3. The van der Waals surface area contributed by atoms with Crippen molar-refractivity contribution in [3.63, 3.8) is 0 Å². The van der Waals surface area contributed by atoms with Crippen molar-refractivity contribution >= 4 is 12.6 Å². The summed E-state index contributed by atoms with van der Waals surface area (Å²) in [6.07, 6.45) is 0.0146. The largest absolute Gasteiger partial charge is 0.494 e. The summed E-state index contributed by atoms with van der Waals surface area (Å²) in [5, 5.41) is 0. The Morgan fingerprint density at radius 2 is 0.865 bits per heavy atom. The maximum Gasteiger partial charge on any atom is 0.494 e. The van der Waals surface area contributed by atoms with Gasteiger partial charge in [0, 0.05) is 16.7 Å². The lowest BCUT2D eigenvalue weighted by atomic mass is 9.78. The van der Waals surface area contributed by atoms with Gasteiger partial charge in [-0.1, -0.05) is 166 Å². The van der Waals surface area contributed by atoms with Gasteiger partial charge in [0.15, 0.2) is 17.5 Å². The molecule has 7 aromatic rings. The molecule has 254 valence electrons. The van der Waals surface area contributed by atoms with E-state index in [1.54, 1.807) is 0 Å². The third kappa shape index (κ3) is 6.96. The molecule has 5 nitrogen and oxygen atoms in total. The number of hydrogen-bond acceptors (Lipinski definition) is 5. The smallest absolute Gasteiger partial charge is 0.401 e. The molecular formula is C46H40BN3O2. The second kappa shape index (κ2) is 14.1. The summed E-state index contributed by atoms with van der Waals surface area (Å²) in [4.78, 5) is 15.1. The molecule has 6 aromatic carbocycles. The van der Waals surface area contributed by atoms with Crippen molar-refractivity contribution in [2.75, 3.05) is 0 Å². The maximum absolute atomic E-state index is 6.43. The average Bonchev–Trinajstić information content (AvgIpc) is 3.54. The molecule has 6 heteroatoms. The zero-order valence-electron chi connectivity index (χ0n) is 29.9. The molecule has 0 radical (unpaired) electrons. The highest BCUT2D eigenvalue weighted by molar-refractivity contribution is 6.62. The molecule has 0 bridgehead atoms. The Hall–Kier alpha value is -5.69. The Bertz CT molecular complexity index is 2210. The molecule has 0 spiro atoms. The van der Waals surface area contributed by atoms with Crippen LogP contribution in [0.1, 0.15) is 27.7 Å². The van der Waals surface area contributed by atoms with E-state index in [1.807, 2.05) is 12.1 Å². The summed E-state index contributed by atoms with van der Waals surface area (Å²) in [7, 11) is -0.416. The van der Waals surface area contributed by atoms with Gasteiger partial charge >= 0.3 is 7.12 Å². The van der Waals surface area contributed by atoms with Crippen LogP contribution in [0.25, 0.3) is 67.5 Å². The van der Waals surface area contributed by atoms with Crippen molar-refractivity contribution < 1.29 is 9.31 Å². The highest BCUT2D eigenvalue weighted by atomic mass is 16.7. The van der Waals surface area contributed by atoms with E-state index in [-0.39, 0.29) is 11.7 Å². The van der Waals surface area contributed by atoms with Gasteiger partial charge in [0.25, 0.3) is 0 Å². The van der Waals surface area contributed by atoms with E-state index in [0.29, 0.717) is 23.4 Å². The fourth-order valence-electron chi connectivity index (χ4n) is 7.12. The number of hydrogen-bond donors (Lipinski definition) is 0. The Balaban J connectivity index is 1.16. The molecule has 1 aliphatic heterocycles. The van der Waals surface area contributed by atoms with Gasteiger partial charge in [-0.15, -0.1) is 0 Å². The van der Waals surface area contributed by atoms with Gasteiger partial charge in [0.2, 0.25) is 0 Å². The molecule has 1 aromatic heterocycles. The van der Waals surface area contributed by atoms with Gasteiger partial charge in [0.05, 0.1) is 11.7 Å². The third-order valence-corrected chi connectivity index (χ3v) is 9.72. The standard InChI is InChI=1S/C46H40BN3O2/c1-31(2)42-46(3,4)52-47(51-42)41-20-12-18-39(30-41)38-17-11-19-40(29-38)45-49-43(36-25-21-34(22-26-36)32-13-7-5-8-14-32)48-44(50-45)37-27-23-35(24-28-37)33-15-9-6-10-16-33/h5-31,42H,1-4H3. The molecule has 0 N–H and O–H groups in total. The van der Waals surface area contributed by atoms with Crippen LogP contribution < -0.4 is 5.46 Å². The van der Waals surface area contributed by atoms with Crippen LogP contribution in [-0.4, -0.2) is 33.8 Å². The lowest BCUT2D eigenvalue weighted by Crippen LogP contribution is -2.37. The van der Waals surface area contributed by atoms with E-state index in [4.69, 9.17) is 24.3 Å². The summed E-state index contributed by atoms with van der Waals surface area (Å²) in [5.74, 6) is 2.20. The van der Waals surface area contributed by atoms with Gasteiger partial charge in [0.1, 0.15) is 0 Å². The minimum absolute atomic E-state index is 0.0146. The molecule has 52 heavy (non-hydrogen) atoms. The second-order valence-electron chi connectivity index (χ2n) is 14.3. The van der Waals surface area contributed by atoms with Crippen LogP contribution in [0.2, 0.25) is 0 Å². The zero-order chi connectivity index (χ0) is 35.7. The number of nitrogens with zero attached hydrogens (tertiary/aromatic N) is 3. The van der Waals surface area contributed by atoms with E-state index in [0.717, 1.165) is 44.4 Å². The maximum atomic E-state index is 6.43. The number of rotatable bonds is 8. The molecule has 1 atom stereocenters. The van der Waals surface area contributed by atoms with Crippen LogP contribution in [0.5, 0.6) is 0 Å². The van der Waals surface area contributed by atoms with E-state index < -0.39 is 7.12 Å². The Kier molecular flexibility index (Phi) is 9.10. The first-order valence-electron chi connectivity index (χ1n) is 17.9. The lowest BCUT2D eigenvalue weighted by Gasteiger charge is -2.28. The topological polar surface area (TPSA) is 57.1 Å². The summed E-state index contributed by atoms with van der Waals surface area (Å²) in [6.45, 7) is 8.57. The fraction of sp³-hybridized carbons (Fsp3) is 0.152. The first kappa shape index (κ1) is 33.5. The SMILES string of the molecule is CC(C)C1OB(c2cccc(-c3cccc(-c4nc(-c5ccc(-c6ccccc6)cc5)nc(-c5ccc(-c6ccccc6)cc5)n4)c3)c2)OC1(C)C. The van der Waals surface area contributed by atoms with Crippen LogP contribution in [-0.2, 0) is 9.31 Å². The molecule has 1 saturated heterocycles. The summed E-state index contributed by atoms with van der Waals surface area (Å²) >= 11 is 0. The average molecular weight is 678 g/mol. The molecular weight excluding hydrogens is 637 g/mol. The quantitative estimate of drug-likeness (QED) is 0.150. The zero-order valence-corrected chi connectivity index (χ0v) is 29.9. The van der Waals surface area contributed by atoms with Crippen LogP contribution in [0.3, 0.4) is 0 Å². The lowest BCUT2D eigenvalue weighted by molar-refractivity contribution is 0.0438. The van der Waals surface area contributed by atoms with Gasteiger partial charge in [-0.05, 0) is 64.7 Å². The molecule has 8 rings (SSSR count). The molecule has 0 saturated carbocycles. The van der Waals surface area contributed by atoms with Crippen LogP contribution in [0, 0.1) is 5.92 Å². The van der Waals surface area contributed by atoms with E-state index >= 15 is 0 Å². The summed E-state index contributed by atoms with van der Waals surface area (Å²) < 4.78 is 12.9. The van der Waals surface area contributed by atoms with Crippen molar-refractivity contribution in [1.29, 1.82) is 0 Å². The highest BCUT2D eigenvalue weighted by Gasteiger charge is 2.47.